The molecule has 116 valence electrons. The zero-order valence-electron chi connectivity index (χ0n) is 12.3. The third-order valence-electron chi connectivity index (χ3n) is 4.17. The molecule has 1 saturated carbocycles. The number of benzene rings is 1. The van der Waals surface area contributed by atoms with E-state index < -0.39 is 10.0 Å². The fourth-order valence-electron chi connectivity index (χ4n) is 2.82. The number of ether oxygens (including phenoxy) is 1. The summed E-state index contributed by atoms with van der Waals surface area (Å²) in [6.45, 7) is 3.83. The number of hydrogen-bond donors (Lipinski definition) is 1. The van der Waals surface area contributed by atoms with Crippen LogP contribution in [0.4, 0.5) is 5.69 Å². The van der Waals surface area contributed by atoms with Crippen molar-refractivity contribution in [3.05, 3.63) is 23.8 Å². The lowest BCUT2D eigenvalue weighted by atomic mass is 10.1. The predicted octanol–water partition coefficient (Wildman–Crippen LogP) is 1.77. The van der Waals surface area contributed by atoms with E-state index in [1.807, 2.05) is 6.92 Å². The summed E-state index contributed by atoms with van der Waals surface area (Å²) in [7, 11) is -3.52. The van der Waals surface area contributed by atoms with Gasteiger partial charge in [0.25, 0.3) is 0 Å². The Labute approximate surface area is 126 Å². The van der Waals surface area contributed by atoms with Crippen molar-refractivity contribution in [1.82, 2.24) is 4.31 Å². The van der Waals surface area contributed by atoms with Crippen LogP contribution in [0.15, 0.2) is 23.1 Å². The number of nitrogens with two attached hydrogens (primary N) is 1. The highest BCUT2D eigenvalue weighted by molar-refractivity contribution is 7.89. The number of nitrogens with zero attached hydrogens (tertiary/aromatic N) is 1. The molecule has 1 aliphatic carbocycles. The van der Waals surface area contributed by atoms with Crippen molar-refractivity contribution < 1.29 is 13.2 Å². The van der Waals surface area contributed by atoms with Gasteiger partial charge in [0.05, 0.1) is 12.3 Å². The summed E-state index contributed by atoms with van der Waals surface area (Å²) in [6.07, 6.45) is 2.82. The van der Waals surface area contributed by atoms with E-state index >= 15 is 0 Å². The molecule has 1 aromatic carbocycles. The first-order valence-corrected chi connectivity index (χ1v) is 8.88. The normalized spacial score (nSPS) is 22.9. The van der Waals surface area contributed by atoms with Gasteiger partial charge in [-0.25, -0.2) is 8.42 Å². The quantitative estimate of drug-likeness (QED) is 0.841. The highest BCUT2D eigenvalue weighted by atomic mass is 32.2. The standard InChI is InChI=1S/C15H22N2O3S/c1-11-2-5-15(14(16)8-11)21(18,19)17(13-3-4-13)9-12-6-7-20-10-12/h2,5,8,12-13H,3-4,6-7,9-10,16H2,1H3. The van der Waals surface area contributed by atoms with E-state index in [9.17, 15) is 8.42 Å². The van der Waals surface area contributed by atoms with Gasteiger partial charge < -0.3 is 10.5 Å². The lowest BCUT2D eigenvalue weighted by Gasteiger charge is -2.25. The Bertz CT molecular complexity index is 620. The third kappa shape index (κ3) is 3.07. The fourth-order valence-corrected chi connectivity index (χ4v) is 4.68. The van der Waals surface area contributed by atoms with Crippen molar-refractivity contribution >= 4 is 15.7 Å². The summed E-state index contributed by atoms with van der Waals surface area (Å²) in [5.41, 5.74) is 7.25. The van der Waals surface area contributed by atoms with E-state index in [4.69, 9.17) is 10.5 Å². The van der Waals surface area contributed by atoms with E-state index in [0.29, 0.717) is 24.8 Å². The number of rotatable bonds is 5. The van der Waals surface area contributed by atoms with E-state index in [0.717, 1.165) is 31.4 Å². The minimum atomic E-state index is -3.52. The summed E-state index contributed by atoms with van der Waals surface area (Å²) in [6, 6.07) is 5.28. The molecule has 0 bridgehead atoms. The van der Waals surface area contributed by atoms with E-state index in [2.05, 4.69) is 0 Å². The van der Waals surface area contributed by atoms with Crippen LogP contribution in [-0.4, -0.2) is 38.5 Å². The van der Waals surface area contributed by atoms with Gasteiger partial charge in [-0.3, -0.25) is 0 Å². The van der Waals surface area contributed by atoms with Gasteiger partial charge in [-0.1, -0.05) is 6.07 Å². The third-order valence-corrected chi connectivity index (χ3v) is 6.16. The Kier molecular flexibility index (Phi) is 3.94. The minimum Gasteiger partial charge on any atom is -0.398 e. The van der Waals surface area contributed by atoms with Gasteiger partial charge in [0, 0.05) is 19.2 Å². The van der Waals surface area contributed by atoms with Gasteiger partial charge in [-0.15, -0.1) is 0 Å². The molecule has 1 aliphatic heterocycles. The Balaban J connectivity index is 1.89. The van der Waals surface area contributed by atoms with Gasteiger partial charge in [-0.2, -0.15) is 4.31 Å². The van der Waals surface area contributed by atoms with Crippen LogP contribution in [0.1, 0.15) is 24.8 Å². The smallest absolute Gasteiger partial charge is 0.245 e. The molecule has 2 aliphatic rings. The largest absolute Gasteiger partial charge is 0.398 e. The van der Waals surface area contributed by atoms with E-state index in [1.165, 1.54) is 0 Å². The summed E-state index contributed by atoms with van der Waals surface area (Å²) in [5.74, 6) is 0.298. The van der Waals surface area contributed by atoms with Crippen LogP contribution >= 0.6 is 0 Å². The summed E-state index contributed by atoms with van der Waals surface area (Å²) >= 11 is 0. The van der Waals surface area contributed by atoms with Crippen molar-refractivity contribution in [2.45, 2.75) is 37.1 Å². The summed E-state index contributed by atoms with van der Waals surface area (Å²) in [4.78, 5) is 0.235. The van der Waals surface area contributed by atoms with Crippen molar-refractivity contribution in [1.29, 1.82) is 0 Å². The summed E-state index contributed by atoms with van der Waals surface area (Å²) < 4.78 is 32.9. The first-order valence-electron chi connectivity index (χ1n) is 7.44. The fraction of sp³-hybridized carbons (Fsp3) is 0.600. The van der Waals surface area contributed by atoms with Crippen molar-refractivity contribution in [3.63, 3.8) is 0 Å². The molecule has 21 heavy (non-hydrogen) atoms. The first-order chi connectivity index (χ1) is 9.98. The Morgan fingerprint density at radius 2 is 2.10 bits per heavy atom. The number of aryl methyl sites for hydroxylation is 1. The second-order valence-electron chi connectivity index (χ2n) is 6.08. The molecule has 0 radical (unpaired) electrons. The second kappa shape index (κ2) is 5.59. The Morgan fingerprint density at radius 1 is 1.33 bits per heavy atom. The lowest BCUT2D eigenvalue weighted by Crippen LogP contribution is -2.37. The van der Waals surface area contributed by atoms with E-state index in [1.54, 1.807) is 22.5 Å². The predicted molar refractivity (Wildman–Crippen MR) is 81.4 cm³/mol. The SMILES string of the molecule is Cc1ccc(S(=O)(=O)N(CC2CCOC2)C2CC2)c(N)c1. The van der Waals surface area contributed by atoms with Crippen LogP contribution in [0.25, 0.3) is 0 Å². The molecular weight excluding hydrogens is 288 g/mol. The maximum atomic E-state index is 12.9. The molecule has 2 N–H and O–H groups in total. The van der Waals surface area contributed by atoms with E-state index in [-0.39, 0.29) is 10.9 Å². The minimum absolute atomic E-state index is 0.135. The zero-order valence-corrected chi connectivity index (χ0v) is 13.1. The molecule has 0 spiro atoms. The van der Waals surface area contributed by atoms with Gasteiger partial charge >= 0.3 is 0 Å². The van der Waals surface area contributed by atoms with Crippen LogP contribution in [0, 0.1) is 12.8 Å². The summed E-state index contributed by atoms with van der Waals surface area (Å²) in [5, 5.41) is 0. The monoisotopic (exact) mass is 310 g/mol. The highest BCUT2D eigenvalue weighted by Crippen LogP contribution is 2.35. The average Bonchev–Trinajstić information content (AvgIpc) is 3.11. The molecule has 1 saturated heterocycles. The molecule has 1 atom stereocenters. The topological polar surface area (TPSA) is 72.6 Å². The molecule has 3 rings (SSSR count). The molecule has 1 aromatic rings. The molecule has 1 unspecified atom stereocenters. The molecular formula is C15H22N2O3S. The van der Waals surface area contributed by atoms with Crippen molar-refractivity contribution in [2.24, 2.45) is 5.92 Å². The molecule has 0 aromatic heterocycles. The lowest BCUT2D eigenvalue weighted by molar-refractivity contribution is 0.180. The highest BCUT2D eigenvalue weighted by Gasteiger charge is 2.40. The number of anilines is 1. The van der Waals surface area contributed by atoms with Crippen LogP contribution in [0.5, 0.6) is 0 Å². The second-order valence-corrected chi connectivity index (χ2v) is 7.94. The van der Waals surface area contributed by atoms with Gasteiger partial charge in [-0.05, 0) is 49.8 Å². The van der Waals surface area contributed by atoms with Crippen LogP contribution < -0.4 is 5.73 Å². The van der Waals surface area contributed by atoms with Crippen molar-refractivity contribution in [2.75, 3.05) is 25.5 Å². The maximum Gasteiger partial charge on any atom is 0.245 e. The Hall–Kier alpha value is -1.11. The van der Waals surface area contributed by atoms with Gasteiger partial charge in [0.15, 0.2) is 0 Å². The van der Waals surface area contributed by atoms with Crippen LogP contribution in [-0.2, 0) is 14.8 Å². The van der Waals surface area contributed by atoms with Crippen LogP contribution in [0.2, 0.25) is 0 Å². The molecule has 1 heterocycles. The van der Waals surface area contributed by atoms with Gasteiger partial charge in [0.2, 0.25) is 10.0 Å². The first kappa shape index (κ1) is 14.8. The number of nitrogen functional groups attached to an aromatic ring is 1. The molecule has 0 amide bonds. The maximum absolute atomic E-state index is 12.9. The molecule has 6 heteroatoms. The Morgan fingerprint density at radius 3 is 2.67 bits per heavy atom. The number of hydrogen-bond acceptors (Lipinski definition) is 4. The number of sulfonamides is 1. The molecule has 5 nitrogen and oxygen atoms in total. The molecule has 2 fully saturated rings. The van der Waals surface area contributed by atoms with Crippen LogP contribution in [0.3, 0.4) is 0 Å². The zero-order chi connectivity index (χ0) is 15.0. The van der Waals surface area contributed by atoms with Gasteiger partial charge in [0.1, 0.15) is 4.90 Å². The van der Waals surface area contributed by atoms with Crippen molar-refractivity contribution in [3.8, 4) is 0 Å². The average molecular weight is 310 g/mol.